The molecule has 1 saturated carbocycles. The van der Waals surface area contributed by atoms with Gasteiger partial charge in [-0.25, -0.2) is 9.18 Å². The number of carbonyl (C=O) groups is 4. The number of H-pyrrole nitrogens is 1. The van der Waals surface area contributed by atoms with E-state index in [1.54, 1.807) is 48.5 Å². The summed E-state index contributed by atoms with van der Waals surface area (Å²) in [5.74, 6) is -1.33. The Morgan fingerprint density at radius 2 is 1.74 bits per heavy atom. The molecule has 4 aromatic rings. The second kappa shape index (κ2) is 15.1. The molecule has 1 heterocycles. The van der Waals surface area contributed by atoms with E-state index in [-0.39, 0.29) is 35.6 Å². The lowest BCUT2D eigenvalue weighted by molar-refractivity contribution is -0.130. The highest BCUT2D eigenvalue weighted by molar-refractivity contribution is 5.98. The van der Waals surface area contributed by atoms with Crippen molar-refractivity contribution in [2.75, 3.05) is 18.9 Å². The topological polar surface area (TPSA) is 191 Å². The third kappa shape index (κ3) is 8.54. The first-order valence-corrected chi connectivity index (χ1v) is 15.2. The highest BCUT2D eigenvalue weighted by Crippen LogP contribution is 2.29. The Labute approximate surface area is 269 Å². The van der Waals surface area contributed by atoms with Crippen LogP contribution in [0.1, 0.15) is 41.6 Å². The van der Waals surface area contributed by atoms with Crippen molar-refractivity contribution in [2.24, 2.45) is 11.8 Å². The van der Waals surface area contributed by atoms with Crippen LogP contribution < -0.4 is 21.3 Å². The number of nitrogens with one attached hydrogen (secondary N) is 5. The molecule has 0 radical (unpaired) electrons. The Morgan fingerprint density at radius 1 is 0.979 bits per heavy atom. The van der Waals surface area contributed by atoms with Gasteiger partial charge >= 0.3 is 6.09 Å². The lowest BCUT2D eigenvalue weighted by Gasteiger charge is -2.29. The van der Waals surface area contributed by atoms with Crippen LogP contribution in [0.5, 0.6) is 0 Å². The van der Waals surface area contributed by atoms with E-state index < -0.39 is 23.9 Å². The lowest BCUT2D eigenvalue weighted by atomic mass is 9.81. The normalized spacial score (nSPS) is 16.5. The van der Waals surface area contributed by atoms with E-state index in [1.165, 1.54) is 25.2 Å². The van der Waals surface area contributed by atoms with Gasteiger partial charge < -0.3 is 26.4 Å². The van der Waals surface area contributed by atoms with Crippen molar-refractivity contribution in [3.8, 4) is 22.5 Å². The number of hydrogen-bond acceptors (Lipinski definition) is 7. The van der Waals surface area contributed by atoms with Crippen LogP contribution in [0.2, 0.25) is 0 Å². The summed E-state index contributed by atoms with van der Waals surface area (Å²) in [6, 6.07) is 17.0. The number of rotatable bonds is 11. The predicted molar refractivity (Wildman–Crippen MR) is 171 cm³/mol. The van der Waals surface area contributed by atoms with Gasteiger partial charge in [0, 0.05) is 48.3 Å². The van der Waals surface area contributed by atoms with Gasteiger partial charge in [-0.2, -0.15) is 5.21 Å². The van der Waals surface area contributed by atoms with Crippen LogP contribution in [-0.2, 0) is 16.0 Å². The van der Waals surface area contributed by atoms with Crippen molar-refractivity contribution < 1.29 is 28.7 Å². The minimum atomic E-state index is -1.07. The Morgan fingerprint density at radius 3 is 2.43 bits per heavy atom. The second-order valence-electron chi connectivity index (χ2n) is 11.4. The first-order chi connectivity index (χ1) is 22.7. The fraction of sp³-hybridized carbons (Fsp3) is 0.303. The molecule has 1 aliphatic carbocycles. The summed E-state index contributed by atoms with van der Waals surface area (Å²) in [4.78, 5) is 50.2. The maximum absolute atomic E-state index is 14.9. The number of anilines is 1. The van der Waals surface area contributed by atoms with Crippen LogP contribution in [0.25, 0.3) is 22.5 Å². The smallest absolute Gasteiger partial charge is 0.404 e. The minimum absolute atomic E-state index is 0.112. The van der Waals surface area contributed by atoms with Crippen molar-refractivity contribution >= 4 is 29.5 Å². The summed E-state index contributed by atoms with van der Waals surface area (Å²) in [6.07, 6.45) is 1.55. The van der Waals surface area contributed by atoms with Gasteiger partial charge in [-0.1, -0.05) is 24.3 Å². The molecule has 47 heavy (non-hydrogen) atoms. The molecule has 0 aliphatic heterocycles. The van der Waals surface area contributed by atoms with Gasteiger partial charge in [0.15, 0.2) is 0 Å². The first-order valence-electron chi connectivity index (χ1n) is 15.2. The number of nitrogens with zero attached hydrogens (tertiary/aromatic N) is 3. The maximum Gasteiger partial charge on any atom is 0.404 e. The zero-order valence-corrected chi connectivity index (χ0v) is 25.6. The van der Waals surface area contributed by atoms with E-state index in [0.29, 0.717) is 66.0 Å². The van der Waals surface area contributed by atoms with Crippen LogP contribution in [0.4, 0.5) is 14.9 Å². The molecular formula is C33H35FN8O5. The van der Waals surface area contributed by atoms with Crippen molar-refractivity contribution in [2.45, 2.75) is 38.1 Å². The number of halogens is 1. The number of amides is 4. The monoisotopic (exact) mass is 642 g/mol. The number of tetrazole rings is 1. The van der Waals surface area contributed by atoms with Gasteiger partial charge in [-0.15, -0.1) is 10.2 Å². The van der Waals surface area contributed by atoms with E-state index in [9.17, 15) is 23.6 Å². The molecule has 3 aromatic carbocycles. The van der Waals surface area contributed by atoms with Crippen LogP contribution in [-0.4, -0.2) is 69.2 Å². The fourth-order valence-electron chi connectivity index (χ4n) is 5.71. The molecule has 1 fully saturated rings. The van der Waals surface area contributed by atoms with Gasteiger partial charge in [-0.05, 0) is 90.4 Å². The van der Waals surface area contributed by atoms with E-state index in [4.69, 9.17) is 5.11 Å². The molecule has 1 atom stereocenters. The molecule has 0 saturated heterocycles. The summed E-state index contributed by atoms with van der Waals surface area (Å²) in [7, 11) is 1.50. The van der Waals surface area contributed by atoms with Crippen LogP contribution in [0, 0.1) is 17.7 Å². The summed E-state index contributed by atoms with van der Waals surface area (Å²) in [6.45, 7) is 0.336. The zero-order chi connectivity index (χ0) is 33.3. The molecule has 4 amide bonds. The molecule has 5 rings (SSSR count). The van der Waals surface area contributed by atoms with Crippen molar-refractivity contribution in [1.82, 2.24) is 36.6 Å². The Kier molecular flexibility index (Phi) is 10.5. The Hall–Kier alpha value is -5.66. The van der Waals surface area contributed by atoms with E-state index in [1.807, 2.05) is 0 Å². The number of aromatic nitrogens is 4. The minimum Gasteiger partial charge on any atom is -0.465 e. The van der Waals surface area contributed by atoms with Crippen molar-refractivity contribution in [1.29, 1.82) is 0 Å². The quantitative estimate of drug-likeness (QED) is 0.142. The van der Waals surface area contributed by atoms with Gasteiger partial charge in [0.1, 0.15) is 11.9 Å². The van der Waals surface area contributed by atoms with Crippen LogP contribution in [0.15, 0.2) is 66.7 Å². The molecule has 1 aliphatic rings. The number of carbonyl (C=O) groups excluding carboxylic acids is 3. The first kappa shape index (κ1) is 32.7. The maximum atomic E-state index is 14.9. The molecule has 14 heteroatoms. The number of benzene rings is 3. The SMILES string of the molecule is CNC(=O)c1ccc(F)c(-c2cccc(C[C@H](NC(=O)C3CCC(CNC(=O)O)CC3)C(=O)Nc3ccc(-c4nn[nH]n4)cc3)c2)c1. The second-order valence-corrected chi connectivity index (χ2v) is 11.4. The van der Waals surface area contributed by atoms with Crippen LogP contribution >= 0.6 is 0 Å². The highest BCUT2D eigenvalue weighted by atomic mass is 19.1. The number of hydrogen-bond donors (Lipinski definition) is 6. The highest BCUT2D eigenvalue weighted by Gasteiger charge is 2.30. The Balaban J connectivity index is 1.34. The third-order valence-electron chi connectivity index (χ3n) is 8.28. The zero-order valence-electron chi connectivity index (χ0n) is 25.6. The standard InChI is InChI=1S/C33H35FN8O5/c1-35-30(43)24-11-14-27(34)26(17-24)23-4-2-3-20(15-23)16-28(38-31(44)22-7-5-19(6-8-22)18-36-33(46)47)32(45)37-25-12-9-21(10-13-25)29-39-41-42-40-29/h2-4,9-15,17,19,22,28,36H,5-8,16,18H2,1H3,(H,35,43)(H,37,45)(H,38,44)(H,46,47)(H,39,40,41,42)/t19?,22?,28-/m0/s1. The average Bonchev–Trinajstić information content (AvgIpc) is 3.63. The van der Waals surface area contributed by atoms with E-state index in [0.717, 1.165) is 0 Å². The summed E-state index contributed by atoms with van der Waals surface area (Å²) in [5.41, 5.74) is 2.91. The molecule has 0 spiro atoms. The van der Waals surface area contributed by atoms with E-state index in [2.05, 4.69) is 41.9 Å². The Bertz CT molecular complexity index is 1720. The molecule has 0 bridgehead atoms. The van der Waals surface area contributed by atoms with Gasteiger partial charge in [0.05, 0.1) is 0 Å². The van der Waals surface area contributed by atoms with E-state index >= 15 is 0 Å². The largest absolute Gasteiger partial charge is 0.465 e. The molecule has 6 N–H and O–H groups in total. The third-order valence-corrected chi connectivity index (χ3v) is 8.28. The summed E-state index contributed by atoms with van der Waals surface area (Å²) < 4.78 is 14.9. The van der Waals surface area contributed by atoms with Crippen LogP contribution in [0.3, 0.4) is 0 Å². The van der Waals surface area contributed by atoms with Crippen molar-refractivity contribution in [3.63, 3.8) is 0 Å². The van der Waals surface area contributed by atoms with Gasteiger partial charge in [0.25, 0.3) is 5.91 Å². The number of aromatic amines is 1. The number of carboxylic acid groups (broad SMARTS) is 1. The fourth-order valence-corrected chi connectivity index (χ4v) is 5.71. The average molecular weight is 643 g/mol. The summed E-state index contributed by atoms with van der Waals surface area (Å²) >= 11 is 0. The molecular weight excluding hydrogens is 607 g/mol. The van der Waals surface area contributed by atoms with Crippen molar-refractivity contribution in [3.05, 3.63) is 83.7 Å². The van der Waals surface area contributed by atoms with Gasteiger partial charge in [-0.3, -0.25) is 14.4 Å². The molecule has 244 valence electrons. The predicted octanol–water partition coefficient (Wildman–Crippen LogP) is 3.77. The summed E-state index contributed by atoms with van der Waals surface area (Å²) in [5, 5.41) is 33.5. The lowest BCUT2D eigenvalue weighted by Crippen LogP contribution is -2.48. The molecule has 0 unspecified atom stereocenters. The molecule has 13 nitrogen and oxygen atoms in total. The van der Waals surface area contributed by atoms with Gasteiger partial charge in [0.2, 0.25) is 17.6 Å². The molecule has 1 aromatic heterocycles.